The van der Waals surface area contributed by atoms with Gasteiger partial charge in [0.25, 0.3) is 0 Å². The molecule has 1 fully saturated rings. The molecule has 1 aliphatic heterocycles. The second-order valence-electron chi connectivity index (χ2n) is 7.50. The van der Waals surface area contributed by atoms with Crippen LogP contribution in [0.15, 0.2) is 54.7 Å². The Morgan fingerprint density at radius 2 is 1.93 bits per heavy atom. The van der Waals surface area contributed by atoms with E-state index in [9.17, 15) is 4.79 Å². The number of rotatable bonds is 6. The number of methoxy groups -OCH3 is 2. The standard InChI is InChI=1S/C24H26N2O3/c1-28-21-11-10-18(14-22(21)29-2)24(27)20-9-5-13-26(16-20)15-19-7-3-6-17-8-4-12-25-23(17)19/h3-4,6-8,10-12,14,20H,5,9,13,15-16H2,1-2H3/t20-/m0/s1. The van der Waals surface area contributed by atoms with Crippen molar-refractivity contribution in [1.82, 2.24) is 9.88 Å². The van der Waals surface area contributed by atoms with Gasteiger partial charge in [0.15, 0.2) is 17.3 Å². The maximum atomic E-state index is 13.1. The van der Waals surface area contributed by atoms with Crippen LogP contribution >= 0.6 is 0 Å². The molecule has 0 spiro atoms. The van der Waals surface area contributed by atoms with Crippen molar-refractivity contribution in [2.24, 2.45) is 5.92 Å². The predicted octanol–water partition coefficient (Wildman–Crippen LogP) is 4.35. The third-order valence-electron chi connectivity index (χ3n) is 5.65. The van der Waals surface area contributed by atoms with E-state index in [0.717, 1.165) is 43.4 Å². The van der Waals surface area contributed by atoms with E-state index in [4.69, 9.17) is 9.47 Å². The first-order valence-corrected chi connectivity index (χ1v) is 10.0. The van der Waals surface area contributed by atoms with Crippen LogP contribution in [-0.4, -0.2) is 43.0 Å². The van der Waals surface area contributed by atoms with Gasteiger partial charge < -0.3 is 9.47 Å². The van der Waals surface area contributed by atoms with Crippen LogP contribution in [0.2, 0.25) is 0 Å². The molecule has 3 aromatic rings. The summed E-state index contributed by atoms with van der Waals surface area (Å²) in [6, 6.07) is 15.8. The van der Waals surface area contributed by atoms with Crippen LogP contribution in [0.25, 0.3) is 10.9 Å². The largest absolute Gasteiger partial charge is 0.493 e. The van der Waals surface area contributed by atoms with E-state index in [1.807, 2.05) is 18.3 Å². The van der Waals surface area contributed by atoms with E-state index in [-0.39, 0.29) is 11.7 Å². The van der Waals surface area contributed by atoms with Crippen molar-refractivity contribution in [1.29, 1.82) is 0 Å². The quantitative estimate of drug-likeness (QED) is 0.586. The molecule has 0 radical (unpaired) electrons. The van der Waals surface area contributed by atoms with E-state index in [0.29, 0.717) is 17.1 Å². The van der Waals surface area contributed by atoms with Crippen LogP contribution < -0.4 is 9.47 Å². The van der Waals surface area contributed by atoms with Crippen molar-refractivity contribution in [2.75, 3.05) is 27.3 Å². The fourth-order valence-electron chi connectivity index (χ4n) is 4.17. The van der Waals surface area contributed by atoms with Gasteiger partial charge in [0.2, 0.25) is 0 Å². The molecule has 1 atom stereocenters. The van der Waals surface area contributed by atoms with E-state index in [1.54, 1.807) is 26.4 Å². The van der Waals surface area contributed by atoms with Crippen molar-refractivity contribution in [3.05, 3.63) is 65.9 Å². The summed E-state index contributed by atoms with van der Waals surface area (Å²) in [6.45, 7) is 2.57. The van der Waals surface area contributed by atoms with Gasteiger partial charge in [-0.15, -0.1) is 0 Å². The summed E-state index contributed by atoms with van der Waals surface area (Å²) >= 11 is 0. The Hall–Kier alpha value is -2.92. The minimum absolute atomic E-state index is 0.00946. The molecular formula is C24H26N2O3. The molecule has 0 bridgehead atoms. The molecule has 0 amide bonds. The molecular weight excluding hydrogens is 364 g/mol. The first-order valence-electron chi connectivity index (χ1n) is 10.0. The van der Waals surface area contributed by atoms with Gasteiger partial charge in [-0.25, -0.2) is 0 Å². The molecule has 5 nitrogen and oxygen atoms in total. The van der Waals surface area contributed by atoms with Gasteiger partial charge in [-0.05, 0) is 49.2 Å². The number of pyridine rings is 1. The molecule has 1 aliphatic rings. The zero-order valence-corrected chi connectivity index (χ0v) is 16.9. The number of ketones is 1. The number of fused-ring (bicyclic) bond motifs is 1. The van der Waals surface area contributed by atoms with Gasteiger partial charge in [0.1, 0.15) is 0 Å². The lowest BCUT2D eigenvalue weighted by Crippen LogP contribution is -2.38. The highest BCUT2D eigenvalue weighted by atomic mass is 16.5. The third-order valence-corrected chi connectivity index (χ3v) is 5.65. The van der Waals surface area contributed by atoms with Crippen molar-refractivity contribution in [3.63, 3.8) is 0 Å². The molecule has 1 saturated heterocycles. The summed E-state index contributed by atoms with van der Waals surface area (Å²) < 4.78 is 10.6. The fourth-order valence-corrected chi connectivity index (χ4v) is 4.17. The van der Waals surface area contributed by atoms with Crippen LogP contribution in [0.3, 0.4) is 0 Å². The molecule has 0 aliphatic carbocycles. The SMILES string of the molecule is COc1ccc(C(=O)[C@H]2CCCN(Cc3cccc4cccnc34)C2)cc1OC. The first kappa shape index (κ1) is 19.4. The lowest BCUT2D eigenvalue weighted by molar-refractivity contribution is 0.0811. The number of hydrogen-bond acceptors (Lipinski definition) is 5. The van der Waals surface area contributed by atoms with E-state index >= 15 is 0 Å². The number of carbonyl (C=O) groups excluding carboxylic acids is 1. The number of para-hydroxylation sites is 1. The summed E-state index contributed by atoms with van der Waals surface area (Å²) in [5.41, 5.74) is 2.94. The molecule has 0 saturated carbocycles. The lowest BCUT2D eigenvalue weighted by atomic mass is 9.89. The molecule has 5 heteroatoms. The zero-order valence-electron chi connectivity index (χ0n) is 16.9. The van der Waals surface area contributed by atoms with E-state index < -0.39 is 0 Å². The van der Waals surface area contributed by atoms with Crippen molar-refractivity contribution < 1.29 is 14.3 Å². The number of aromatic nitrogens is 1. The number of carbonyl (C=O) groups is 1. The second-order valence-corrected chi connectivity index (χ2v) is 7.50. The minimum atomic E-state index is -0.00946. The van der Waals surface area contributed by atoms with Gasteiger partial charge >= 0.3 is 0 Å². The topological polar surface area (TPSA) is 51.7 Å². The third kappa shape index (κ3) is 4.10. The van der Waals surface area contributed by atoms with Gasteiger partial charge in [0, 0.05) is 36.2 Å². The number of piperidine rings is 1. The summed E-state index contributed by atoms with van der Waals surface area (Å²) in [5.74, 6) is 1.39. The second kappa shape index (κ2) is 8.62. The Kier molecular flexibility index (Phi) is 5.76. The van der Waals surface area contributed by atoms with Crippen molar-refractivity contribution in [2.45, 2.75) is 19.4 Å². The Labute approximate surface area is 171 Å². The van der Waals surface area contributed by atoms with Gasteiger partial charge in [-0.1, -0.05) is 24.3 Å². The van der Waals surface area contributed by atoms with Gasteiger partial charge in [0.05, 0.1) is 19.7 Å². The molecule has 0 unspecified atom stereocenters. The summed E-state index contributed by atoms with van der Waals surface area (Å²) in [6.07, 6.45) is 3.77. The molecule has 29 heavy (non-hydrogen) atoms. The first-order chi connectivity index (χ1) is 14.2. The minimum Gasteiger partial charge on any atom is -0.493 e. The Balaban J connectivity index is 1.50. The average Bonchev–Trinajstić information content (AvgIpc) is 2.78. The molecule has 0 N–H and O–H groups in total. The number of likely N-dealkylation sites (tertiary alicyclic amines) is 1. The summed E-state index contributed by atoms with van der Waals surface area (Å²) in [7, 11) is 3.19. The van der Waals surface area contributed by atoms with Gasteiger partial charge in [-0.2, -0.15) is 0 Å². The zero-order chi connectivity index (χ0) is 20.2. The molecule has 1 aromatic heterocycles. The number of hydrogen-bond donors (Lipinski definition) is 0. The number of ether oxygens (including phenoxy) is 2. The number of Topliss-reactive ketones (excluding diaryl/α,β-unsaturated/α-hetero) is 1. The Bertz CT molecular complexity index is 1010. The molecule has 2 aromatic carbocycles. The highest BCUT2D eigenvalue weighted by Gasteiger charge is 2.27. The average molecular weight is 390 g/mol. The maximum absolute atomic E-state index is 13.1. The predicted molar refractivity (Wildman–Crippen MR) is 114 cm³/mol. The molecule has 4 rings (SSSR count). The molecule has 2 heterocycles. The van der Waals surface area contributed by atoms with Crippen LogP contribution in [0.1, 0.15) is 28.8 Å². The van der Waals surface area contributed by atoms with Gasteiger partial charge in [-0.3, -0.25) is 14.7 Å². The lowest BCUT2D eigenvalue weighted by Gasteiger charge is -2.32. The maximum Gasteiger partial charge on any atom is 0.167 e. The van der Waals surface area contributed by atoms with Crippen LogP contribution in [0.4, 0.5) is 0 Å². The number of nitrogens with zero attached hydrogens (tertiary/aromatic N) is 2. The van der Waals surface area contributed by atoms with E-state index in [2.05, 4.69) is 34.1 Å². The highest BCUT2D eigenvalue weighted by molar-refractivity contribution is 5.98. The highest BCUT2D eigenvalue weighted by Crippen LogP contribution is 2.30. The van der Waals surface area contributed by atoms with Crippen molar-refractivity contribution >= 4 is 16.7 Å². The fraction of sp³-hybridized carbons (Fsp3) is 0.333. The smallest absolute Gasteiger partial charge is 0.167 e. The summed E-state index contributed by atoms with van der Waals surface area (Å²) in [4.78, 5) is 20.1. The van der Waals surface area contributed by atoms with E-state index in [1.165, 1.54) is 5.56 Å². The molecule has 150 valence electrons. The Morgan fingerprint density at radius 1 is 1.10 bits per heavy atom. The number of benzene rings is 2. The van der Waals surface area contributed by atoms with Crippen LogP contribution in [-0.2, 0) is 6.54 Å². The van der Waals surface area contributed by atoms with Crippen LogP contribution in [0.5, 0.6) is 11.5 Å². The summed E-state index contributed by atoms with van der Waals surface area (Å²) in [5, 5.41) is 1.15. The van der Waals surface area contributed by atoms with Crippen molar-refractivity contribution in [3.8, 4) is 11.5 Å². The monoisotopic (exact) mass is 390 g/mol. The normalized spacial score (nSPS) is 17.2. The van der Waals surface area contributed by atoms with Crippen LogP contribution in [0, 0.1) is 5.92 Å². The Morgan fingerprint density at radius 3 is 2.76 bits per heavy atom.